The molecule has 1 amide bonds. The van der Waals surface area contributed by atoms with Crippen LogP contribution in [0, 0.1) is 0 Å². The van der Waals surface area contributed by atoms with E-state index < -0.39 is 22.0 Å². The van der Waals surface area contributed by atoms with Crippen LogP contribution in [-0.4, -0.2) is 20.9 Å². The zero-order valence-electron chi connectivity index (χ0n) is 20.2. The van der Waals surface area contributed by atoms with Gasteiger partial charge >= 0.3 is 0 Å². The predicted octanol–water partition coefficient (Wildman–Crippen LogP) is 6.84. The van der Waals surface area contributed by atoms with E-state index in [2.05, 4.69) is 10.0 Å². The van der Waals surface area contributed by atoms with Crippen molar-refractivity contribution in [3.05, 3.63) is 113 Å². The summed E-state index contributed by atoms with van der Waals surface area (Å²) in [5.74, 6) is 0.662. The van der Waals surface area contributed by atoms with Crippen LogP contribution in [0.2, 0.25) is 10.0 Å². The summed E-state index contributed by atoms with van der Waals surface area (Å²) in [5, 5.41) is 3.17. The van der Waals surface area contributed by atoms with Crippen LogP contribution in [0.4, 0.5) is 5.69 Å². The van der Waals surface area contributed by atoms with E-state index in [1.807, 2.05) is 48.5 Å². The summed E-state index contributed by atoms with van der Waals surface area (Å²) in [6.07, 6.45) is 0. The topological polar surface area (TPSA) is 93.7 Å². The van der Waals surface area contributed by atoms with Gasteiger partial charge in [-0.2, -0.15) is 0 Å². The van der Waals surface area contributed by atoms with Crippen LogP contribution in [0.1, 0.15) is 18.5 Å². The summed E-state index contributed by atoms with van der Waals surface area (Å²) in [7, 11) is -3.85. The molecule has 0 fully saturated rings. The second-order valence-corrected chi connectivity index (χ2v) is 10.8. The maximum Gasteiger partial charge on any atom is 0.262 e. The zero-order chi connectivity index (χ0) is 27.1. The summed E-state index contributed by atoms with van der Waals surface area (Å²) in [4.78, 5) is 12.6. The monoisotopic (exact) mass is 570 g/mol. The highest BCUT2D eigenvalue weighted by molar-refractivity contribution is 7.89. The summed E-state index contributed by atoms with van der Waals surface area (Å²) in [6, 6.07) is 26.8. The van der Waals surface area contributed by atoms with Gasteiger partial charge in [-0.3, -0.25) is 4.79 Å². The fourth-order valence-electron chi connectivity index (χ4n) is 3.51. The Balaban J connectivity index is 1.39. The first-order valence-electron chi connectivity index (χ1n) is 11.5. The van der Waals surface area contributed by atoms with Gasteiger partial charge < -0.3 is 14.8 Å². The van der Waals surface area contributed by atoms with Gasteiger partial charge in [0.1, 0.15) is 11.5 Å². The van der Waals surface area contributed by atoms with Crippen LogP contribution >= 0.6 is 23.2 Å². The third-order valence-electron chi connectivity index (χ3n) is 5.39. The summed E-state index contributed by atoms with van der Waals surface area (Å²) in [6.45, 7) is 1.37. The molecule has 10 heteroatoms. The van der Waals surface area contributed by atoms with Gasteiger partial charge in [0.05, 0.1) is 15.6 Å². The maximum atomic E-state index is 12.8. The molecule has 4 aromatic carbocycles. The van der Waals surface area contributed by atoms with Gasteiger partial charge in [-0.15, -0.1) is 0 Å². The van der Waals surface area contributed by atoms with E-state index in [1.54, 1.807) is 37.3 Å². The molecule has 0 saturated carbocycles. The van der Waals surface area contributed by atoms with Crippen LogP contribution in [0.5, 0.6) is 17.2 Å². The lowest BCUT2D eigenvalue weighted by molar-refractivity contribution is -0.118. The first-order chi connectivity index (χ1) is 18.2. The smallest absolute Gasteiger partial charge is 0.262 e. The second-order valence-electron chi connectivity index (χ2n) is 8.24. The van der Waals surface area contributed by atoms with Crippen molar-refractivity contribution < 1.29 is 22.7 Å². The lowest BCUT2D eigenvalue weighted by atomic mass is 10.1. The lowest BCUT2D eigenvalue weighted by Gasteiger charge is -2.16. The van der Waals surface area contributed by atoms with Gasteiger partial charge in [0.2, 0.25) is 10.0 Å². The Morgan fingerprint density at radius 3 is 2.21 bits per heavy atom. The molecule has 0 bridgehead atoms. The van der Waals surface area contributed by atoms with Crippen molar-refractivity contribution in [2.75, 3.05) is 11.9 Å². The number of halogens is 2. The molecule has 0 aliphatic carbocycles. The van der Waals surface area contributed by atoms with Gasteiger partial charge in [0.25, 0.3) is 5.91 Å². The average Bonchev–Trinajstić information content (AvgIpc) is 2.90. The average molecular weight is 571 g/mol. The van der Waals surface area contributed by atoms with Crippen LogP contribution in [0.25, 0.3) is 0 Å². The number of para-hydroxylation sites is 1. The molecule has 0 aliphatic rings. The van der Waals surface area contributed by atoms with Crippen LogP contribution in [-0.2, 0) is 14.8 Å². The van der Waals surface area contributed by atoms with Gasteiger partial charge in [-0.1, -0.05) is 71.7 Å². The second kappa shape index (κ2) is 12.3. The molecule has 38 heavy (non-hydrogen) atoms. The van der Waals surface area contributed by atoms with Crippen molar-refractivity contribution in [3.63, 3.8) is 0 Å². The molecule has 7 nitrogen and oxygen atoms in total. The lowest BCUT2D eigenvalue weighted by Crippen LogP contribution is -2.27. The molecule has 0 spiro atoms. The number of anilines is 1. The molecule has 0 saturated heterocycles. The molecule has 0 radical (unpaired) electrons. The van der Waals surface area contributed by atoms with E-state index in [0.29, 0.717) is 22.2 Å². The van der Waals surface area contributed by atoms with Crippen molar-refractivity contribution >= 4 is 44.8 Å². The first-order valence-corrected chi connectivity index (χ1v) is 13.8. The minimum Gasteiger partial charge on any atom is -0.482 e. The molecule has 2 N–H and O–H groups in total. The molecular weight excluding hydrogens is 547 g/mol. The summed E-state index contributed by atoms with van der Waals surface area (Å²) < 4.78 is 39.7. The highest BCUT2D eigenvalue weighted by Crippen LogP contribution is 2.32. The highest BCUT2D eigenvalue weighted by atomic mass is 35.5. The predicted molar refractivity (Wildman–Crippen MR) is 149 cm³/mol. The van der Waals surface area contributed by atoms with Gasteiger partial charge in [0, 0.05) is 11.1 Å². The maximum absolute atomic E-state index is 12.8. The molecule has 0 heterocycles. The number of sulfonamides is 1. The molecular formula is C28H24Cl2N2O5S. The van der Waals surface area contributed by atoms with Crippen molar-refractivity contribution in [2.45, 2.75) is 17.9 Å². The van der Waals surface area contributed by atoms with Crippen LogP contribution in [0.3, 0.4) is 0 Å². The molecule has 0 aliphatic heterocycles. The number of nitrogens with one attached hydrogen (secondary N) is 2. The van der Waals surface area contributed by atoms with E-state index >= 15 is 0 Å². The summed E-state index contributed by atoms with van der Waals surface area (Å²) in [5.41, 5.74) is 1.19. The molecule has 0 aromatic heterocycles. The number of carbonyl (C=O) groups excluding carboxylic acids is 1. The Hall–Kier alpha value is -3.56. The number of hydrogen-bond donors (Lipinski definition) is 2. The Labute approximate surface area is 231 Å². The minimum atomic E-state index is -3.85. The third-order valence-corrected chi connectivity index (χ3v) is 7.46. The van der Waals surface area contributed by atoms with Crippen molar-refractivity contribution in [2.24, 2.45) is 0 Å². The molecule has 4 aromatic rings. The fraction of sp³-hybridized carbons (Fsp3) is 0.107. The molecule has 0 unspecified atom stereocenters. The Bertz CT molecular complexity index is 1520. The minimum absolute atomic E-state index is 0.0243. The van der Waals surface area contributed by atoms with Gasteiger partial charge in [0.15, 0.2) is 12.4 Å². The molecule has 4 rings (SSSR count). The highest BCUT2D eigenvalue weighted by Gasteiger charge is 2.20. The molecule has 196 valence electrons. The Kier molecular flexibility index (Phi) is 8.91. The number of carbonyl (C=O) groups is 1. The Morgan fingerprint density at radius 1 is 0.868 bits per heavy atom. The van der Waals surface area contributed by atoms with Crippen LogP contribution in [0.15, 0.2) is 102 Å². The van der Waals surface area contributed by atoms with Gasteiger partial charge in [-0.05, 0) is 61.0 Å². The Morgan fingerprint density at radius 2 is 1.53 bits per heavy atom. The van der Waals surface area contributed by atoms with Crippen molar-refractivity contribution in [1.29, 1.82) is 0 Å². The third kappa shape index (κ3) is 7.26. The zero-order valence-corrected chi connectivity index (χ0v) is 22.6. The number of amides is 1. The van der Waals surface area contributed by atoms with E-state index in [4.69, 9.17) is 32.7 Å². The summed E-state index contributed by atoms with van der Waals surface area (Å²) >= 11 is 12.4. The first kappa shape index (κ1) is 27.5. The van der Waals surface area contributed by atoms with Crippen molar-refractivity contribution in [1.82, 2.24) is 4.72 Å². The van der Waals surface area contributed by atoms with Gasteiger partial charge in [-0.25, -0.2) is 13.1 Å². The van der Waals surface area contributed by atoms with E-state index in [9.17, 15) is 13.2 Å². The number of hydrogen-bond acceptors (Lipinski definition) is 5. The SMILES string of the molecule is C[C@H](NS(=O)(=O)c1ccc(OCC(=O)Nc2cc(Cl)ccc2Oc2ccccc2)c(Cl)c1)c1ccccc1. The van der Waals surface area contributed by atoms with E-state index in [1.165, 1.54) is 18.2 Å². The van der Waals surface area contributed by atoms with Crippen LogP contribution < -0.4 is 19.5 Å². The number of benzene rings is 4. The van der Waals surface area contributed by atoms with E-state index in [0.717, 1.165) is 5.56 Å². The quantitative estimate of drug-likeness (QED) is 0.217. The van der Waals surface area contributed by atoms with E-state index in [-0.39, 0.29) is 22.3 Å². The fourth-order valence-corrected chi connectivity index (χ4v) is 5.24. The molecule has 1 atom stereocenters. The standard InChI is InChI=1S/C28H24Cl2N2O5S/c1-19(20-8-4-2-5-9-20)32-38(34,35)23-13-15-26(24(30)17-23)36-18-28(33)31-25-16-21(29)12-14-27(25)37-22-10-6-3-7-11-22/h2-17,19,32H,18H2,1H3,(H,31,33)/t19-/m0/s1. The largest absolute Gasteiger partial charge is 0.482 e. The normalized spacial score (nSPS) is 12.0. The van der Waals surface area contributed by atoms with Crippen molar-refractivity contribution in [3.8, 4) is 17.2 Å². The number of rotatable bonds is 10. The number of ether oxygens (including phenoxy) is 2.